The van der Waals surface area contributed by atoms with Gasteiger partial charge in [0.1, 0.15) is 10.7 Å². The van der Waals surface area contributed by atoms with Crippen molar-refractivity contribution in [3.63, 3.8) is 0 Å². The smallest absolute Gasteiger partial charge is 0.162 e. The number of thiocarbonyl (C=S) groups is 1. The average molecular weight is 348 g/mol. The first-order valence-electron chi connectivity index (χ1n) is 8.56. The van der Waals surface area contributed by atoms with E-state index in [2.05, 4.69) is 40.1 Å². The van der Waals surface area contributed by atoms with Gasteiger partial charge in [-0.3, -0.25) is 0 Å². The molecule has 25 heavy (non-hydrogen) atoms. The van der Waals surface area contributed by atoms with Crippen LogP contribution in [-0.2, 0) is 0 Å². The first-order chi connectivity index (χ1) is 12.3. The van der Waals surface area contributed by atoms with Crippen LogP contribution in [-0.4, -0.2) is 36.1 Å². The summed E-state index contributed by atoms with van der Waals surface area (Å²) < 4.78 is 6.00. The van der Waals surface area contributed by atoms with Crippen LogP contribution < -0.4 is 4.90 Å². The van der Waals surface area contributed by atoms with E-state index in [9.17, 15) is 0 Å². The fourth-order valence-corrected chi connectivity index (χ4v) is 3.47. The van der Waals surface area contributed by atoms with Gasteiger partial charge >= 0.3 is 0 Å². The van der Waals surface area contributed by atoms with E-state index in [1.807, 2.05) is 42.5 Å². The molecule has 1 aromatic heterocycles. The third-order valence-corrected chi connectivity index (χ3v) is 5.02. The minimum atomic E-state index is 0.780. The molecular weight excluding hydrogens is 328 g/mol. The molecule has 0 atom stereocenters. The molecule has 0 N–H and O–H groups in total. The van der Waals surface area contributed by atoms with Gasteiger partial charge in [-0.05, 0) is 24.3 Å². The number of hydrogen-bond acceptors (Lipinski definition) is 3. The van der Waals surface area contributed by atoms with Crippen LogP contribution in [0.4, 0.5) is 5.69 Å². The molecule has 3 nitrogen and oxygen atoms in total. The number of nitrogens with zero attached hydrogens (tertiary/aromatic N) is 2. The molecule has 4 heteroatoms. The highest BCUT2D eigenvalue weighted by Gasteiger charge is 2.21. The van der Waals surface area contributed by atoms with Crippen LogP contribution in [0.15, 0.2) is 77.2 Å². The Balaban J connectivity index is 1.42. The molecule has 126 valence electrons. The Bertz CT molecular complexity index is 837. The van der Waals surface area contributed by atoms with E-state index in [1.165, 1.54) is 5.69 Å². The van der Waals surface area contributed by atoms with Gasteiger partial charge in [0.25, 0.3) is 0 Å². The van der Waals surface area contributed by atoms with Gasteiger partial charge in [0.2, 0.25) is 0 Å². The Hall–Kier alpha value is -2.59. The van der Waals surface area contributed by atoms with Crippen molar-refractivity contribution >= 4 is 22.9 Å². The van der Waals surface area contributed by atoms with E-state index in [-0.39, 0.29) is 0 Å². The summed E-state index contributed by atoms with van der Waals surface area (Å²) >= 11 is 5.67. The number of piperazine rings is 1. The van der Waals surface area contributed by atoms with Crippen molar-refractivity contribution in [1.29, 1.82) is 0 Å². The zero-order valence-electron chi connectivity index (χ0n) is 14.0. The number of para-hydroxylation sites is 1. The maximum absolute atomic E-state index is 6.00. The second kappa shape index (κ2) is 7.11. The van der Waals surface area contributed by atoms with Gasteiger partial charge < -0.3 is 14.2 Å². The summed E-state index contributed by atoms with van der Waals surface area (Å²) in [7, 11) is 0. The minimum absolute atomic E-state index is 0.780. The van der Waals surface area contributed by atoms with Crippen molar-refractivity contribution in [2.24, 2.45) is 0 Å². The van der Waals surface area contributed by atoms with Crippen LogP contribution in [0.2, 0.25) is 0 Å². The molecular formula is C21H20N2OS. The second-order valence-corrected chi connectivity index (χ2v) is 6.53. The highest BCUT2D eigenvalue weighted by Crippen LogP contribution is 2.24. The Kier molecular flexibility index (Phi) is 4.53. The van der Waals surface area contributed by atoms with E-state index < -0.39 is 0 Å². The summed E-state index contributed by atoms with van der Waals surface area (Å²) in [6, 6.07) is 24.6. The van der Waals surface area contributed by atoms with Gasteiger partial charge in [-0.1, -0.05) is 60.7 Å². The average Bonchev–Trinajstić information content (AvgIpc) is 3.19. The zero-order valence-corrected chi connectivity index (χ0v) is 14.8. The molecule has 2 aromatic carbocycles. The van der Waals surface area contributed by atoms with Gasteiger partial charge in [0, 0.05) is 37.4 Å². The maximum atomic E-state index is 6.00. The van der Waals surface area contributed by atoms with Crippen molar-refractivity contribution in [1.82, 2.24) is 4.90 Å². The molecule has 0 amide bonds. The Morgan fingerprint density at radius 1 is 0.760 bits per heavy atom. The lowest BCUT2D eigenvalue weighted by Gasteiger charge is -2.37. The molecule has 3 aromatic rings. The number of benzene rings is 2. The van der Waals surface area contributed by atoms with E-state index in [1.54, 1.807) is 0 Å². The third kappa shape index (κ3) is 3.44. The Labute approximate surface area is 153 Å². The van der Waals surface area contributed by atoms with Crippen molar-refractivity contribution in [2.45, 2.75) is 0 Å². The van der Waals surface area contributed by atoms with Gasteiger partial charge in [0.05, 0.1) is 0 Å². The largest absolute Gasteiger partial charge is 0.454 e. The third-order valence-electron chi connectivity index (χ3n) is 4.56. The van der Waals surface area contributed by atoms with Gasteiger partial charge in [-0.2, -0.15) is 0 Å². The lowest BCUT2D eigenvalue weighted by molar-refractivity contribution is 0.385. The van der Waals surface area contributed by atoms with Crippen LogP contribution >= 0.6 is 12.2 Å². The molecule has 2 heterocycles. The van der Waals surface area contributed by atoms with Crippen LogP contribution in [0.1, 0.15) is 5.76 Å². The molecule has 0 unspecified atom stereocenters. The van der Waals surface area contributed by atoms with E-state index in [0.717, 1.165) is 48.3 Å². The van der Waals surface area contributed by atoms with Crippen LogP contribution in [0.25, 0.3) is 11.3 Å². The van der Waals surface area contributed by atoms with Gasteiger partial charge in [0.15, 0.2) is 5.76 Å². The second-order valence-electron chi connectivity index (χ2n) is 6.14. The van der Waals surface area contributed by atoms with Crippen molar-refractivity contribution in [3.8, 4) is 11.3 Å². The number of furan rings is 1. The Morgan fingerprint density at radius 3 is 2.08 bits per heavy atom. The maximum Gasteiger partial charge on any atom is 0.162 e. The molecule has 1 saturated heterocycles. The fourth-order valence-electron chi connectivity index (χ4n) is 3.17. The van der Waals surface area contributed by atoms with E-state index in [4.69, 9.17) is 16.6 Å². The van der Waals surface area contributed by atoms with Crippen molar-refractivity contribution in [2.75, 3.05) is 31.1 Å². The SMILES string of the molecule is S=C(c1ccc(-c2ccccc2)o1)N1CCN(c2ccccc2)CC1. The molecule has 0 saturated carbocycles. The number of anilines is 1. The molecule has 0 spiro atoms. The number of rotatable bonds is 3. The first kappa shape index (κ1) is 15.9. The molecule has 0 aliphatic carbocycles. The predicted octanol–water partition coefficient (Wildman–Crippen LogP) is 4.44. The standard InChI is InChI=1S/C21H20N2OS/c25-21(20-12-11-19(24-20)17-7-3-1-4-8-17)23-15-13-22(14-16-23)18-9-5-2-6-10-18/h1-12H,13-16H2. The summed E-state index contributed by atoms with van der Waals surface area (Å²) in [5.74, 6) is 1.64. The molecule has 0 radical (unpaired) electrons. The van der Waals surface area contributed by atoms with Crippen LogP contribution in [0.5, 0.6) is 0 Å². The quantitative estimate of drug-likeness (QED) is 0.651. The predicted molar refractivity (Wildman–Crippen MR) is 106 cm³/mol. The van der Waals surface area contributed by atoms with E-state index >= 15 is 0 Å². The van der Waals surface area contributed by atoms with Crippen molar-refractivity contribution in [3.05, 3.63) is 78.6 Å². The van der Waals surface area contributed by atoms with Gasteiger partial charge in [-0.15, -0.1) is 0 Å². The monoisotopic (exact) mass is 348 g/mol. The summed E-state index contributed by atoms with van der Waals surface area (Å²) in [4.78, 5) is 5.44. The summed E-state index contributed by atoms with van der Waals surface area (Å²) in [5.41, 5.74) is 2.35. The molecule has 0 bridgehead atoms. The zero-order chi connectivity index (χ0) is 17.1. The molecule has 1 aliphatic heterocycles. The molecule has 1 fully saturated rings. The summed E-state index contributed by atoms with van der Waals surface area (Å²) in [6.45, 7) is 3.76. The highest BCUT2D eigenvalue weighted by molar-refractivity contribution is 7.80. The number of hydrogen-bond donors (Lipinski definition) is 0. The lowest BCUT2D eigenvalue weighted by atomic mass is 10.2. The lowest BCUT2D eigenvalue weighted by Crippen LogP contribution is -2.48. The normalized spacial score (nSPS) is 14.6. The summed E-state index contributed by atoms with van der Waals surface area (Å²) in [5, 5.41) is 0. The van der Waals surface area contributed by atoms with Crippen LogP contribution in [0.3, 0.4) is 0 Å². The molecule has 4 rings (SSSR count). The highest BCUT2D eigenvalue weighted by atomic mass is 32.1. The van der Waals surface area contributed by atoms with Gasteiger partial charge in [-0.25, -0.2) is 0 Å². The van der Waals surface area contributed by atoms with E-state index in [0.29, 0.717) is 0 Å². The first-order valence-corrected chi connectivity index (χ1v) is 8.96. The van der Waals surface area contributed by atoms with Crippen LogP contribution in [0, 0.1) is 0 Å². The molecule has 1 aliphatic rings. The summed E-state index contributed by atoms with van der Waals surface area (Å²) in [6.07, 6.45) is 0. The van der Waals surface area contributed by atoms with Crippen molar-refractivity contribution < 1.29 is 4.42 Å². The minimum Gasteiger partial charge on any atom is -0.454 e. The topological polar surface area (TPSA) is 19.6 Å². The Morgan fingerprint density at radius 2 is 1.40 bits per heavy atom. The fraction of sp³-hybridized carbons (Fsp3) is 0.190.